The molecule has 3 amide bonds. The van der Waals surface area contributed by atoms with Crippen molar-refractivity contribution in [3.8, 4) is 0 Å². The number of aliphatic hydroxyl groups is 1. The van der Waals surface area contributed by atoms with E-state index in [-0.39, 0.29) is 25.7 Å². The van der Waals surface area contributed by atoms with E-state index in [1.165, 1.54) is 11.8 Å². The molecular weight excluding hydrogens is 282 g/mol. The molecule has 1 aliphatic heterocycles. The molecule has 1 saturated heterocycles. The topological polar surface area (TPSA) is 128 Å². The predicted octanol–water partition coefficient (Wildman–Crippen LogP) is -1.63. The van der Waals surface area contributed by atoms with Gasteiger partial charge in [-0.15, -0.1) is 0 Å². The Morgan fingerprint density at radius 3 is 2.62 bits per heavy atom. The van der Waals surface area contributed by atoms with Crippen LogP contribution in [0, 0.1) is 0 Å². The van der Waals surface area contributed by atoms with Crippen LogP contribution in [0.25, 0.3) is 0 Å². The van der Waals surface area contributed by atoms with Gasteiger partial charge in [0.25, 0.3) is 0 Å². The minimum atomic E-state index is -1.43. The van der Waals surface area contributed by atoms with Crippen molar-refractivity contribution in [1.29, 1.82) is 0 Å². The summed E-state index contributed by atoms with van der Waals surface area (Å²) in [6, 6.07) is -2.97. The molecule has 120 valence electrons. The van der Waals surface area contributed by atoms with Gasteiger partial charge in [-0.25, -0.2) is 9.59 Å². The van der Waals surface area contributed by atoms with Crippen molar-refractivity contribution < 1.29 is 29.3 Å². The highest BCUT2D eigenvalue weighted by molar-refractivity contribution is 5.89. The van der Waals surface area contributed by atoms with Gasteiger partial charge in [-0.05, 0) is 13.8 Å². The molecule has 1 aliphatic rings. The molecule has 4 N–H and O–H groups in total. The van der Waals surface area contributed by atoms with E-state index in [4.69, 9.17) is 9.84 Å². The summed E-state index contributed by atoms with van der Waals surface area (Å²) in [7, 11) is 0. The van der Waals surface area contributed by atoms with Gasteiger partial charge in [-0.1, -0.05) is 0 Å². The van der Waals surface area contributed by atoms with Crippen LogP contribution in [0.15, 0.2) is 0 Å². The molecule has 0 aliphatic carbocycles. The van der Waals surface area contributed by atoms with Crippen molar-refractivity contribution in [2.45, 2.75) is 32.0 Å². The molecule has 0 radical (unpaired) electrons. The molecule has 3 atom stereocenters. The summed E-state index contributed by atoms with van der Waals surface area (Å²) in [5, 5.41) is 23.1. The van der Waals surface area contributed by atoms with Crippen molar-refractivity contribution in [3.05, 3.63) is 0 Å². The molecule has 0 saturated carbocycles. The van der Waals surface area contributed by atoms with Crippen molar-refractivity contribution in [2.75, 3.05) is 26.3 Å². The van der Waals surface area contributed by atoms with Gasteiger partial charge in [0, 0.05) is 13.1 Å². The molecule has 1 rings (SSSR count). The number of carbonyl (C=O) groups is 3. The number of aliphatic hydroxyl groups excluding tert-OH is 1. The normalized spacial score (nSPS) is 21.3. The Balaban J connectivity index is 2.77. The maximum atomic E-state index is 12.1. The fraction of sp³-hybridized carbons (Fsp3) is 0.750. The van der Waals surface area contributed by atoms with Gasteiger partial charge in [0.15, 0.2) is 6.04 Å². The SMILES string of the molecule is CCNC(=O)C1COCCN1C(=O)NC(C(=O)O)C(C)O. The summed E-state index contributed by atoms with van der Waals surface area (Å²) in [4.78, 5) is 36.2. The highest BCUT2D eigenvalue weighted by Crippen LogP contribution is 2.08. The number of carboxylic acid groups (broad SMARTS) is 1. The van der Waals surface area contributed by atoms with Crippen LogP contribution in [0.5, 0.6) is 0 Å². The number of ether oxygens (including phenoxy) is 1. The number of likely N-dealkylation sites (N-methyl/N-ethyl adjacent to an activating group) is 1. The third kappa shape index (κ3) is 4.57. The molecule has 0 aromatic heterocycles. The fourth-order valence-corrected chi connectivity index (χ4v) is 1.96. The van der Waals surface area contributed by atoms with Gasteiger partial charge in [0.1, 0.15) is 6.04 Å². The van der Waals surface area contributed by atoms with Crippen LogP contribution in [0.4, 0.5) is 4.79 Å². The molecular formula is C12H21N3O6. The Bertz CT molecular complexity index is 400. The number of urea groups is 1. The molecule has 21 heavy (non-hydrogen) atoms. The van der Waals surface area contributed by atoms with Gasteiger partial charge in [0.05, 0.1) is 19.3 Å². The quantitative estimate of drug-likeness (QED) is 0.482. The minimum Gasteiger partial charge on any atom is -0.480 e. The van der Waals surface area contributed by atoms with Crippen LogP contribution in [0.3, 0.4) is 0 Å². The van der Waals surface area contributed by atoms with Crippen LogP contribution in [0.2, 0.25) is 0 Å². The summed E-state index contributed by atoms with van der Waals surface area (Å²) in [6.45, 7) is 3.90. The second-order valence-electron chi connectivity index (χ2n) is 4.68. The first-order valence-electron chi connectivity index (χ1n) is 6.72. The molecule has 9 nitrogen and oxygen atoms in total. The van der Waals surface area contributed by atoms with E-state index in [2.05, 4.69) is 10.6 Å². The molecule has 0 spiro atoms. The lowest BCUT2D eigenvalue weighted by molar-refractivity contribution is -0.141. The van der Waals surface area contributed by atoms with Crippen LogP contribution in [-0.4, -0.2) is 77.5 Å². The molecule has 1 heterocycles. The van der Waals surface area contributed by atoms with Crippen LogP contribution < -0.4 is 10.6 Å². The van der Waals surface area contributed by atoms with Gasteiger partial charge in [0.2, 0.25) is 5.91 Å². The zero-order valence-corrected chi connectivity index (χ0v) is 12.0. The van der Waals surface area contributed by atoms with Crippen molar-refractivity contribution in [2.24, 2.45) is 0 Å². The van der Waals surface area contributed by atoms with E-state index in [9.17, 15) is 19.5 Å². The lowest BCUT2D eigenvalue weighted by atomic mass is 10.2. The van der Waals surface area contributed by atoms with Gasteiger partial charge >= 0.3 is 12.0 Å². The Kier molecular flexibility index (Phi) is 6.38. The molecule has 0 bridgehead atoms. The Labute approximate surface area is 122 Å². The number of nitrogens with one attached hydrogen (secondary N) is 2. The number of morpholine rings is 1. The number of rotatable bonds is 5. The van der Waals surface area contributed by atoms with Crippen LogP contribution in [-0.2, 0) is 14.3 Å². The highest BCUT2D eigenvalue weighted by atomic mass is 16.5. The second kappa shape index (κ2) is 7.79. The number of nitrogens with zero attached hydrogens (tertiary/aromatic N) is 1. The monoisotopic (exact) mass is 303 g/mol. The first-order chi connectivity index (χ1) is 9.88. The summed E-state index contributed by atoms with van der Waals surface area (Å²) in [6.07, 6.45) is -1.25. The number of amides is 3. The van der Waals surface area contributed by atoms with E-state index < -0.39 is 30.2 Å². The average molecular weight is 303 g/mol. The van der Waals surface area contributed by atoms with Crippen molar-refractivity contribution >= 4 is 17.9 Å². The summed E-state index contributed by atoms with van der Waals surface area (Å²) in [5.41, 5.74) is 0. The van der Waals surface area contributed by atoms with Gasteiger partial charge in [-0.3, -0.25) is 4.79 Å². The van der Waals surface area contributed by atoms with E-state index in [0.717, 1.165) is 0 Å². The first-order valence-corrected chi connectivity index (χ1v) is 6.72. The lowest BCUT2D eigenvalue weighted by Crippen LogP contribution is -2.61. The Hall–Kier alpha value is -1.87. The number of hydrogen-bond donors (Lipinski definition) is 4. The molecule has 0 aromatic rings. The third-order valence-corrected chi connectivity index (χ3v) is 3.07. The van der Waals surface area contributed by atoms with Gasteiger partial charge < -0.3 is 30.5 Å². The molecule has 9 heteroatoms. The van der Waals surface area contributed by atoms with Crippen LogP contribution in [0.1, 0.15) is 13.8 Å². The number of carbonyl (C=O) groups excluding carboxylic acids is 2. The van der Waals surface area contributed by atoms with Gasteiger partial charge in [-0.2, -0.15) is 0 Å². The predicted molar refractivity (Wildman–Crippen MR) is 71.6 cm³/mol. The van der Waals surface area contributed by atoms with E-state index in [1.54, 1.807) is 6.92 Å². The summed E-state index contributed by atoms with van der Waals surface area (Å²) < 4.78 is 5.18. The smallest absolute Gasteiger partial charge is 0.328 e. The fourth-order valence-electron chi connectivity index (χ4n) is 1.96. The third-order valence-electron chi connectivity index (χ3n) is 3.07. The highest BCUT2D eigenvalue weighted by Gasteiger charge is 2.35. The first kappa shape index (κ1) is 17.2. The largest absolute Gasteiger partial charge is 0.480 e. The number of hydrogen-bond acceptors (Lipinski definition) is 5. The van der Waals surface area contributed by atoms with E-state index in [1.807, 2.05) is 0 Å². The number of aliphatic carboxylic acids is 1. The Morgan fingerprint density at radius 2 is 2.10 bits per heavy atom. The Morgan fingerprint density at radius 1 is 1.43 bits per heavy atom. The maximum absolute atomic E-state index is 12.1. The molecule has 0 aromatic carbocycles. The van der Waals surface area contributed by atoms with E-state index >= 15 is 0 Å². The average Bonchev–Trinajstić information content (AvgIpc) is 2.44. The molecule has 3 unspecified atom stereocenters. The maximum Gasteiger partial charge on any atom is 0.328 e. The van der Waals surface area contributed by atoms with Crippen LogP contribution >= 0.6 is 0 Å². The van der Waals surface area contributed by atoms with E-state index in [0.29, 0.717) is 6.54 Å². The summed E-state index contributed by atoms with van der Waals surface area (Å²) in [5.74, 6) is -1.71. The minimum absolute atomic E-state index is 0.0473. The zero-order valence-electron chi connectivity index (χ0n) is 12.0. The zero-order chi connectivity index (χ0) is 16.0. The second-order valence-corrected chi connectivity index (χ2v) is 4.68. The summed E-state index contributed by atoms with van der Waals surface area (Å²) >= 11 is 0. The van der Waals surface area contributed by atoms with Crippen molar-refractivity contribution in [1.82, 2.24) is 15.5 Å². The standard InChI is InChI=1S/C12H21N3O6/c1-3-13-10(17)8-6-21-5-4-15(8)12(20)14-9(7(2)16)11(18)19/h7-9,16H,3-6H2,1-2H3,(H,13,17)(H,14,20)(H,18,19). The molecule has 1 fully saturated rings. The number of carboxylic acids is 1. The van der Waals surface area contributed by atoms with Crippen molar-refractivity contribution in [3.63, 3.8) is 0 Å². The lowest BCUT2D eigenvalue weighted by Gasteiger charge is -2.35.